The fourth-order valence-electron chi connectivity index (χ4n) is 2.91. The van der Waals surface area contributed by atoms with Crippen molar-refractivity contribution in [2.75, 3.05) is 23.4 Å². The van der Waals surface area contributed by atoms with E-state index >= 15 is 0 Å². The Labute approximate surface area is 192 Å². The maximum absolute atomic E-state index is 12.9. The summed E-state index contributed by atoms with van der Waals surface area (Å²) in [6, 6.07) is 19.2. The van der Waals surface area contributed by atoms with Crippen LogP contribution in [0.15, 0.2) is 82.6 Å². The Morgan fingerprint density at radius 3 is 2.25 bits per heavy atom. The first-order valence-corrected chi connectivity index (χ1v) is 12.4. The minimum absolute atomic E-state index is 0.0859. The Morgan fingerprint density at radius 1 is 0.969 bits per heavy atom. The number of benzene rings is 3. The van der Waals surface area contributed by atoms with E-state index in [4.69, 9.17) is 4.74 Å². The summed E-state index contributed by atoms with van der Waals surface area (Å²) in [5, 5.41) is 2.71. The molecule has 0 atom stereocenters. The molecule has 1 amide bonds. The lowest BCUT2D eigenvalue weighted by Gasteiger charge is -2.12. The SMILES string of the molecule is COc1ccc(NS(=O)(=O)c2cc(NC(=O)/C=C/c3ccc(SC)cc3)ccc2C)cc1. The summed E-state index contributed by atoms with van der Waals surface area (Å²) in [4.78, 5) is 13.6. The molecule has 0 spiro atoms. The van der Waals surface area contributed by atoms with Gasteiger partial charge in [0.2, 0.25) is 5.91 Å². The molecule has 0 radical (unpaired) electrons. The van der Waals surface area contributed by atoms with Gasteiger partial charge >= 0.3 is 0 Å². The van der Waals surface area contributed by atoms with Crippen LogP contribution in [0.5, 0.6) is 5.75 Å². The number of carbonyl (C=O) groups is 1. The number of ether oxygens (including phenoxy) is 1. The summed E-state index contributed by atoms with van der Waals surface area (Å²) in [6.45, 7) is 1.70. The summed E-state index contributed by atoms with van der Waals surface area (Å²) >= 11 is 1.65. The van der Waals surface area contributed by atoms with Crippen molar-refractivity contribution in [2.45, 2.75) is 16.7 Å². The quantitative estimate of drug-likeness (QED) is 0.352. The van der Waals surface area contributed by atoms with Crippen molar-refractivity contribution in [3.8, 4) is 5.75 Å². The summed E-state index contributed by atoms with van der Waals surface area (Å²) < 4.78 is 33.5. The monoisotopic (exact) mass is 468 g/mol. The van der Waals surface area contributed by atoms with Gasteiger partial charge in [0.25, 0.3) is 10.0 Å². The molecule has 0 aromatic heterocycles. The van der Waals surface area contributed by atoms with Crippen LogP contribution in [0.2, 0.25) is 0 Å². The topological polar surface area (TPSA) is 84.5 Å². The van der Waals surface area contributed by atoms with E-state index in [2.05, 4.69) is 10.0 Å². The van der Waals surface area contributed by atoms with Gasteiger partial charge in [-0.25, -0.2) is 8.42 Å². The number of carbonyl (C=O) groups excluding carboxylic acids is 1. The Kier molecular flexibility index (Phi) is 7.61. The summed E-state index contributed by atoms with van der Waals surface area (Å²) in [6.07, 6.45) is 5.12. The lowest BCUT2D eigenvalue weighted by molar-refractivity contribution is -0.111. The average molecular weight is 469 g/mol. The fraction of sp³-hybridized carbons (Fsp3) is 0.125. The van der Waals surface area contributed by atoms with Crippen molar-refractivity contribution in [1.82, 2.24) is 0 Å². The van der Waals surface area contributed by atoms with Gasteiger partial charge < -0.3 is 10.1 Å². The first kappa shape index (κ1) is 23.4. The van der Waals surface area contributed by atoms with Gasteiger partial charge in [0.15, 0.2) is 0 Å². The zero-order chi connectivity index (χ0) is 23.1. The zero-order valence-electron chi connectivity index (χ0n) is 18.0. The highest BCUT2D eigenvalue weighted by atomic mass is 32.2. The molecule has 166 valence electrons. The van der Waals surface area contributed by atoms with Crippen LogP contribution in [0.3, 0.4) is 0 Å². The standard InChI is InChI=1S/C24H24N2O4S2/c1-17-4-8-20(25-24(27)15-7-18-5-13-22(31-3)14-6-18)16-23(17)32(28,29)26-19-9-11-21(30-2)12-10-19/h4-16,26H,1-3H3,(H,25,27)/b15-7+. The smallest absolute Gasteiger partial charge is 0.262 e. The fourth-order valence-corrected chi connectivity index (χ4v) is 4.65. The van der Waals surface area contributed by atoms with Crippen molar-refractivity contribution < 1.29 is 17.9 Å². The third kappa shape index (κ3) is 6.15. The number of rotatable bonds is 8. The molecule has 6 nitrogen and oxygen atoms in total. The molecule has 0 heterocycles. The van der Waals surface area contributed by atoms with Crippen LogP contribution in [-0.2, 0) is 14.8 Å². The van der Waals surface area contributed by atoms with Gasteiger partial charge in [0.05, 0.1) is 12.0 Å². The van der Waals surface area contributed by atoms with Crippen molar-refractivity contribution in [3.63, 3.8) is 0 Å². The number of anilines is 2. The predicted molar refractivity (Wildman–Crippen MR) is 131 cm³/mol. The van der Waals surface area contributed by atoms with Gasteiger partial charge in [-0.2, -0.15) is 0 Å². The van der Waals surface area contributed by atoms with Crippen molar-refractivity contribution in [2.24, 2.45) is 0 Å². The van der Waals surface area contributed by atoms with Crippen molar-refractivity contribution in [3.05, 3.63) is 83.9 Å². The molecular formula is C24H24N2O4S2. The number of aryl methyl sites for hydroxylation is 1. The number of thioether (sulfide) groups is 1. The molecule has 0 bridgehead atoms. The highest BCUT2D eigenvalue weighted by molar-refractivity contribution is 7.98. The lowest BCUT2D eigenvalue weighted by atomic mass is 10.2. The summed E-state index contributed by atoms with van der Waals surface area (Å²) in [5.41, 5.74) is 2.26. The van der Waals surface area contributed by atoms with Gasteiger partial charge in [0.1, 0.15) is 5.75 Å². The largest absolute Gasteiger partial charge is 0.497 e. The number of hydrogen-bond acceptors (Lipinski definition) is 5. The lowest BCUT2D eigenvalue weighted by Crippen LogP contribution is -2.15. The number of sulfonamides is 1. The van der Waals surface area contributed by atoms with E-state index in [9.17, 15) is 13.2 Å². The highest BCUT2D eigenvalue weighted by Crippen LogP contribution is 2.24. The molecule has 0 fully saturated rings. The summed E-state index contributed by atoms with van der Waals surface area (Å²) in [5.74, 6) is 0.274. The second-order valence-corrected chi connectivity index (χ2v) is 9.44. The normalized spacial score (nSPS) is 11.3. The molecule has 0 aliphatic rings. The molecular weight excluding hydrogens is 444 g/mol. The van der Waals surface area contributed by atoms with E-state index in [0.717, 1.165) is 10.5 Å². The van der Waals surface area contributed by atoms with Gasteiger partial charge in [-0.1, -0.05) is 18.2 Å². The maximum Gasteiger partial charge on any atom is 0.262 e. The van der Waals surface area contributed by atoms with Gasteiger partial charge in [-0.3, -0.25) is 9.52 Å². The molecule has 3 aromatic carbocycles. The minimum atomic E-state index is -3.85. The first-order chi connectivity index (χ1) is 15.3. The molecule has 0 aliphatic heterocycles. The molecule has 8 heteroatoms. The van der Waals surface area contributed by atoms with Crippen LogP contribution in [0.4, 0.5) is 11.4 Å². The number of hydrogen-bond donors (Lipinski definition) is 2. The number of amides is 1. The van der Waals surface area contributed by atoms with Crippen LogP contribution < -0.4 is 14.8 Å². The third-order valence-electron chi connectivity index (χ3n) is 4.63. The molecule has 2 N–H and O–H groups in total. The Morgan fingerprint density at radius 2 is 1.62 bits per heavy atom. The van der Waals surface area contributed by atoms with E-state index in [0.29, 0.717) is 22.7 Å². The zero-order valence-corrected chi connectivity index (χ0v) is 19.6. The molecule has 0 aliphatic carbocycles. The predicted octanol–water partition coefficient (Wildman–Crippen LogP) is 5.18. The number of nitrogens with one attached hydrogen (secondary N) is 2. The van der Waals surface area contributed by atoms with Crippen molar-refractivity contribution in [1.29, 1.82) is 0 Å². The van der Waals surface area contributed by atoms with Gasteiger partial charge in [-0.15, -0.1) is 11.8 Å². The second kappa shape index (κ2) is 10.4. The molecule has 32 heavy (non-hydrogen) atoms. The van der Waals surface area contributed by atoms with Gasteiger partial charge in [-0.05, 0) is 78.9 Å². The average Bonchev–Trinajstić information content (AvgIpc) is 2.79. The first-order valence-electron chi connectivity index (χ1n) is 9.71. The molecule has 3 aromatic rings. The third-order valence-corrected chi connectivity index (χ3v) is 6.90. The minimum Gasteiger partial charge on any atom is -0.497 e. The van der Waals surface area contributed by atoms with E-state index in [1.807, 2.05) is 30.5 Å². The number of methoxy groups -OCH3 is 1. The van der Waals surface area contributed by atoms with E-state index < -0.39 is 10.0 Å². The van der Waals surface area contributed by atoms with Crippen molar-refractivity contribution >= 4 is 45.1 Å². The molecule has 0 unspecified atom stereocenters. The second-order valence-electron chi connectivity index (χ2n) is 6.91. The van der Waals surface area contributed by atoms with Crippen LogP contribution in [0.25, 0.3) is 6.08 Å². The Hall–Kier alpha value is -3.23. The van der Waals surface area contributed by atoms with E-state index in [1.165, 1.54) is 12.1 Å². The molecule has 0 saturated heterocycles. The van der Waals surface area contributed by atoms with Crippen LogP contribution in [-0.4, -0.2) is 27.7 Å². The summed E-state index contributed by atoms with van der Waals surface area (Å²) in [7, 11) is -2.31. The highest BCUT2D eigenvalue weighted by Gasteiger charge is 2.18. The molecule has 3 rings (SSSR count). The van der Waals surface area contributed by atoms with Gasteiger partial charge in [0, 0.05) is 22.3 Å². The van der Waals surface area contributed by atoms with Crippen LogP contribution in [0, 0.1) is 6.92 Å². The van der Waals surface area contributed by atoms with E-state index in [-0.39, 0.29) is 10.8 Å². The van der Waals surface area contributed by atoms with E-state index in [1.54, 1.807) is 68.3 Å². The molecule has 0 saturated carbocycles. The Balaban J connectivity index is 1.73. The van der Waals surface area contributed by atoms with Crippen LogP contribution >= 0.6 is 11.8 Å². The van der Waals surface area contributed by atoms with Crippen LogP contribution in [0.1, 0.15) is 11.1 Å². The Bertz CT molecular complexity index is 1220. The maximum atomic E-state index is 12.9.